The fraction of sp³-hybridized carbons (Fsp3) is 0.579. The predicted molar refractivity (Wildman–Crippen MR) is 88.1 cm³/mol. The summed E-state index contributed by atoms with van der Waals surface area (Å²) in [7, 11) is 0. The molecule has 4 rings (SSSR count). The van der Waals surface area contributed by atoms with E-state index in [2.05, 4.69) is 23.1 Å². The van der Waals surface area contributed by atoms with Gasteiger partial charge in [-0.15, -0.1) is 0 Å². The van der Waals surface area contributed by atoms with Crippen molar-refractivity contribution >= 4 is 6.08 Å². The van der Waals surface area contributed by atoms with E-state index in [-0.39, 0.29) is 6.04 Å². The number of rotatable bonds is 3. The molecule has 1 atom stereocenters. The molecule has 1 fully saturated rings. The van der Waals surface area contributed by atoms with Gasteiger partial charge < -0.3 is 10.6 Å². The Bertz CT molecular complexity index is 638. The van der Waals surface area contributed by atoms with Crippen LogP contribution >= 0.6 is 0 Å². The van der Waals surface area contributed by atoms with Gasteiger partial charge >= 0.3 is 0 Å². The third kappa shape index (κ3) is 2.67. The average Bonchev–Trinajstić information content (AvgIpc) is 3.16. The maximum Gasteiger partial charge on any atom is 0.122 e. The van der Waals surface area contributed by atoms with Crippen LogP contribution in [0.5, 0.6) is 0 Å². The second-order valence-electron chi connectivity index (χ2n) is 7.91. The van der Waals surface area contributed by atoms with E-state index in [1.54, 1.807) is 13.8 Å². The first-order valence-corrected chi connectivity index (χ1v) is 8.45. The number of hydrogen-bond donors (Lipinski definition) is 1. The first-order valence-electron chi connectivity index (χ1n) is 8.45. The van der Waals surface area contributed by atoms with Crippen LogP contribution in [0.2, 0.25) is 0 Å². The van der Waals surface area contributed by atoms with Crippen LogP contribution in [0.3, 0.4) is 0 Å². The molecule has 0 radical (unpaired) electrons. The first-order chi connectivity index (χ1) is 10.4. The van der Waals surface area contributed by atoms with E-state index in [1.165, 1.54) is 40.8 Å². The summed E-state index contributed by atoms with van der Waals surface area (Å²) in [6.07, 6.45) is 6.79. The van der Waals surface area contributed by atoms with Gasteiger partial charge in [0.2, 0.25) is 0 Å². The van der Waals surface area contributed by atoms with Crippen molar-refractivity contribution < 1.29 is 4.39 Å². The van der Waals surface area contributed by atoms with E-state index in [0.29, 0.717) is 12.5 Å². The number of nitrogens with two attached hydrogens (primary N) is 1. The Morgan fingerprint density at radius 3 is 2.50 bits per heavy atom. The molecule has 1 saturated carbocycles. The van der Waals surface area contributed by atoms with Crippen molar-refractivity contribution in [1.29, 1.82) is 0 Å². The minimum atomic E-state index is -1.16. The van der Waals surface area contributed by atoms with E-state index in [4.69, 9.17) is 5.73 Å². The molecular formula is C19H25FN2. The van der Waals surface area contributed by atoms with Gasteiger partial charge in [0.1, 0.15) is 5.67 Å². The molecule has 3 heteroatoms. The molecule has 0 saturated heterocycles. The normalized spacial score (nSPS) is 24.1. The summed E-state index contributed by atoms with van der Waals surface area (Å²) in [5.41, 5.74) is 11.8. The maximum atomic E-state index is 14.2. The zero-order valence-corrected chi connectivity index (χ0v) is 13.5. The Kier molecular flexibility index (Phi) is 3.12. The van der Waals surface area contributed by atoms with Crippen LogP contribution in [-0.4, -0.2) is 23.2 Å². The number of hydrogen-bond acceptors (Lipinski definition) is 2. The molecule has 1 aromatic carbocycles. The number of alkyl halides is 1. The molecule has 2 aliphatic carbocycles. The summed E-state index contributed by atoms with van der Waals surface area (Å²) in [5.74, 6) is 0.644. The van der Waals surface area contributed by atoms with Crippen molar-refractivity contribution in [2.45, 2.75) is 57.8 Å². The van der Waals surface area contributed by atoms with Crippen LogP contribution in [0.15, 0.2) is 17.8 Å². The zero-order valence-electron chi connectivity index (χ0n) is 13.5. The van der Waals surface area contributed by atoms with Gasteiger partial charge in [0.15, 0.2) is 0 Å². The molecule has 2 N–H and O–H groups in total. The van der Waals surface area contributed by atoms with Gasteiger partial charge in [-0.05, 0) is 73.8 Å². The van der Waals surface area contributed by atoms with Crippen molar-refractivity contribution in [3.8, 4) is 0 Å². The van der Waals surface area contributed by atoms with E-state index in [9.17, 15) is 4.39 Å². The lowest BCUT2D eigenvalue weighted by Gasteiger charge is -2.35. The number of benzene rings is 1. The molecule has 0 bridgehead atoms. The fourth-order valence-corrected chi connectivity index (χ4v) is 3.95. The number of halogens is 1. The summed E-state index contributed by atoms with van der Waals surface area (Å²) < 4.78 is 14.2. The quantitative estimate of drug-likeness (QED) is 0.926. The summed E-state index contributed by atoms with van der Waals surface area (Å²) in [6, 6.07) is 4.92. The van der Waals surface area contributed by atoms with Crippen LogP contribution in [0.1, 0.15) is 48.9 Å². The van der Waals surface area contributed by atoms with Gasteiger partial charge in [-0.1, -0.05) is 12.1 Å². The molecule has 2 nitrogen and oxygen atoms in total. The second kappa shape index (κ2) is 4.82. The Morgan fingerprint density at radius 2 is 1.86 bits per heavy atom. The van der Waals surface area contributed by atoms with Gasteiger partial charge in [-0.3, -0.25) is 0 Å². The van der Waals surface area contributed by atoms with Crippen LogP contribution in [0.25, 0.3) is 6.08 Å². The minimum absolute atomic E-state index is 0.270. The maximum absolute atomic E-state index is 14.2. The highest BCUT2D eigenvalue weighted by Gasteiger charge is 2.35. The molecule has 1 heterocycles. The Morgan fingerprint density at radius 1 is 1.18 bits per heavy atom. The fourth-order valence-electron chi connectivity index (χ4n) is 3.95. The van der Waals surface area contributed by atoms with Crippen molar-refractivity contribution in [2.24, 2.45) is 11.7 Å². The summed E-state index contributed by atoms with van der Waals surface area (Å²) in [5, 5.41) is 0. The lowest BCUT2D eigenvalue weighted by Crippen LogP contribution is -2.37. The molecule has 0 amide bonds. The second-order valence-corrected chi connectivity index (χ2v) is 7.91. The average molecular weight is 300 g/mol. The third-order valence-corrected chi connectivity index (χ3v) is 5.02. The van der Waals surface area contributed by atoms with Gasteiger partial charge in [0.05, 0.1) is 6.54 Å². The molecule has 0 aromatic heterocycles. The molecule has 1 aromatic rings. The molecule has 22 heavy (non-hydrogen) atoms. The predicted octanol–water partition coefficient (Wildman–Crippen LogP) is 3.43. The van der Waals surface area contributed by atoms with Crippen LogP contribution < -0.4 is 5.73 Å². The Balaban J connectivity index is 1.70. The largest absolute Gasteiger partial charge is 0.367 e. The highest BCUT2D eigenvalue weighted by Crippen LogP contribution is 2.43. The number of fused-ring (bicyclic) bond motifs is 2. The number of allylic oxidation sites excluding steroid dienone is 1. The third-order valence-electron chi connectivity index (χ3n) is 5.02. The summed E-state index contributed by atoms with van der Waals surface area (Å²) >= 11 is 0. The van der Waals surface area contributed by atoms with Crippen LogP contribution in [0, 0.1) is 5.92 Å². The molecule has 118 valence electrons. The van der Waals surface area contributed by atoms with Crippen molar-refractivity contribution in [3.05, 3.63) is 40.1 Å². The topological polar surface area (TPSA) is 29.3 Å². The van der Waals surface area contributed by atoms with E-state index < -0.39 is 5.67 Å². The molecule has 0 spiro atoms. The van der Waals surface area contributed by atoms with Gasteiger partial charge in [0, 0.05) is 18.3 Å². The lowest BCUT2D eigenvalue weighted by atomic mass is 9.94. The van der Waals surface area contributed by atoms with E-state index in [0.717, 1.165) is 19.4 Å². The zero-order chi connectivity index (χ0) is 15.5. The van der Waals surface area contributed by atoms with Gasteiger partial charge in [0.25, 0.3) is 0 Å². The van der Waals surface area contributed by atoms with E-state index in [1.807, 2.05) is 0 Å². The Hall–Kier alpha value is -1.35. The summed E-state index contributed by atoms with van der Waals surface area (Å²) in [4.78, 5) is 2.27. The Labute approximate surface area is 132 Å². The highest BCUT2D eigenvalue weighted by atomic mass is 19.1. The minimum Gasteiger partial charge on any atom is -0.367 e. The first kappa shape index (κ1) is 14.3. The highest BCUT2D eigenvalue weighted by molar-refractivity contribution is 5.62. The monoisotopic (exact) mass is 300 g/mol. The van der Waals surface area contributed by atoms with E-state index >= 15 is 0 Å². The molecule has 1 aliphatic heterocycles. The standard InChI is InChI=1S/C19H25FN2/c1-19(2,20)11-22-10-16-6-14-8-17(21)7-13(14)5-15(16)9-18(22)12-3-4-12/h5-6,9,12,17H,3-4,7-8,10-11,21H2,1-2H3/t17-/m1/s1. The van der Waals surface area contributed by atoms with Crippen molar-refractivity contribution in [1.82, 2.24) is 4.90 Å². The van der Waals surface area contributed by atoms with Crippen molar-refractivity contribution in [2.75, 3.05) is 6.54 Å². The van der Waals surface area contributed by atoms with Gasteiger partial charge in [-0.25, -0.2) is 4.39 Å². The smallest absolute Gasteiger partial charge is 0.122 e. The molecule has 0 unspecified atom stereocenters. The van der Waals surface area contributed by atoms with Crippen molar-refractivity contribution in [3.63, 3.8) is 0 Å². The van der Waals surface area contributed by atoms with Gasteiger partial charge in [-0.2, -0.15) is 0 Å². The SMILES string of the molecule is CC(C)(F)CN1Cc2cc3c(cc2C=C1C1CC1)C[C@@H](N)C3. The molecular weight excluding hydrogens is 275 g/mol. The van der Waals surface area contributed by atoms with Crippen LogP contribution in [-0.2, 0) is 19.4 Å². The number of nitrogens with zero attached hydrogens (tertiary/aromatic N) is 1. The lowest BCUT2D eigenvalue weighted by molar-refractivity contribution is 0.139. The summed E-state index contributed by atoms with van der Waals surface area (Å²) in [6.45, 7) is 4.67. The van der Waals surface area contributed by atoms with Crippen LogP contribution in [0.4, 0.5) is 4.39 Å². The molecule has 3 aliphatic rings.